The number of fused-ring (bicyclic) bond motifs is 2. The molecule has 2 fully saturated rings. The van der Waals surface area contributed by atoms with Crippen molar-refractivity contribution >= 4 is 11.9 Å². The van der Waals surface area contributed by atoms with Gasteiger partial charge >= 0.3 is 11.9 Å². The Hall–Kier alpha value is -1.06. The molecule has 0 aliphatic heterocycles. The third kappa shape index (κ3) is 2.79. The molecule has 0 aromatic rings. The van der Waals surface area contributed by atoms with Gasteiger partial charge in [0.25, 0.3) is 0 Å². The number of carbonyl (C=O) groups is 2. The predicted octanol–water partition coefficient (Wildman–Crippen LogP) is 1.92. The highest BCUT2D eigenvalue weighted by Crippen LogP contribution is 2.49. The highest BCUT2D eigenvalue weighted by molar-refractivity contribution is 5.69. The van der Waals surface area contributed by atoms with Gasteiger partial charge in [0.15, 0.2) is 0 Å². The molecule has 2 saturated carbocycles. The maximum Gasteiger partial charge on any atom is 0.305 e. The number of hydrogen-bond acceptors (Lipinski definition) is 4. The summed E-state index contributed by atoms with van der Waals surface area (Å²) in [6.07, 6.45) is 3.65. The zero-order valence-electron chi connectivity index (χ0n) is 10.5. The third-order valence-corrected chi connectivity index (χ3v) is 4.01. The minimum absolute atomic E-state index is 0.0981. The summed E-state index contributed by atoms with van der Waals surface area (Å²) >= 11 is 0. The van der Waals surface area contributed by atoms with Gasteiger partial charge in [-0.25, -0.2) is 0 Å². The van der Waals surface area contributed by atoms with Crippen LogP contribution in [-0.2, 0) is 19.1 Å². The summed E-state index contributed by atoms with van der Waals surface area (Å²) in [6.45, 7) is 3.79. The molecule has 4 heteroatoms. The van der Waals surface area contributed by atoms with E-state index in [9.17, 15) is 9.59 Å². The second kappa shape index (κ2) is 5.07. The Kier molecular flexibility index (Phi) is 3.69. The maximum atomic E-state index is 11.2. The molecule has 2 bridgehead atoms. The van der Waals surface area contributed by atoms with Crippen LogP contribution < -0.4 is 0 Å². The van der Waals surface area contributed by atoms with Crippen LogP contribution in [0.4, 0.5) is 0 Å². The van der Waals surface area contributed by atoms with Crippen LogP contribution in [0.15, 0.2) is 0 Å². The molecule has 4 atom stereocenters. The van der Waals surface area contributed by atoms with E-state index < -0.39 is 0 Å². The molecule has 0 amide bonds. The van der Waals surface area contributed by atoms with Gasteiger partial charge in [-0.2, -0.15) is 0 Å². The van der Waals surface area contributed by atoms with E-state index in [1.54, 1.807) is 0 Å². The Morgan fingerprint density at radius 1 is 1.18 bits per heavy atom. The summed E-state index contributed by atoms with van der Waals surface area (Å²) in [5, 5.41) is 0. The zero-order chi connectivity index (χ0) is 12.4. The molecule has 0 spiro atoms. The standard InChI is InChI=1S/C13H20O4/c1-3-13(15)17-12-6-9-4-10(12)5-11(9)7-16-8(2)14/h9-12H,3-7H2,1-2H3. The number of esters is 2. The van der Waals surface area contributed by atoms with Crippen molar-refractivity contribution in [3.63, 3.8) is 0 Å². The topological polar surface area (TPSA) is 52.6 Å². The van der Waals surface area contributed by atoms with Gasteiger partial charge in [-0.15, -0.1) is 0 Å². The maximum absolute atomic E-state index is 11.2. The average molecular weight is 240 g/mol. The third-order valence-electron chi connectivity index (χ3n) is 4.01. The molecule has 4 nitrogen and oxygen atoms in total. The van der Waals surface area contributed by atoms with E-state index in [0.29, 0.717) is 30.8 Å². The van der Waals surface area contributed by atoms with Gasteiger partial charge < -0.3 is 9.47 Å². The van der Waals surface area contributed by atoms with E-state index >= 15 is 0 Å². The van der Waals surface area contributed by atoms with Gasteiger partial charge in [0.1, 0.15) is 6.10 Å². The van der Waals surface area contributed by atoms with Crippen LogP contribution in [0, 0.1) is 17.8 Å². The second-order valence-corrected chi connectivity index (χ2v) is 5.17. The SMILES string of the molecule is CCC(=O)OC1CC2CC1CC2COC(C)=O. The lowest BCUT2D eigenvalue weighted by atomic mass is 9.88. The second-order valence-electron chi connectivity index (χ2n) is 5.17. The van der Waals surface area contributed by atoms with Crippen LogP contribution in [0.5, 0.6) is 0 Å². The van der Waals surface area contributed by atoms with Crippen molar-refractivity contribution in [1.29, 1.82) is 0 Å². The fourth-order valence-electron chi connectivity index (χ4n) is 3.17. The molecule has 96 valence electrons. The smallest absolute Gasteiger partial charge is 0.305 e. The summed E-state index contributed by atoms with van der Waals surface area (Å²) < 4.78 is 10.5. The Morgan fingerprint density at radius 3 is 2.47 bits per heavy atom. The molecule has 0 heterocycles. The normalized spacial score (nSPS) is 34.7. The van der Waals surface area contributed by atoms with Crippen LogP contribution in [-0.4, -0.2) is 24.6 Å². The summed E-state index contributed by atoms with van der Waals surface area (Å²) in [6, 6.07) is 0. The van der Waals surface area contributed by atoms with E-state index in [2.05, 4.69) is 0 Å². The van der Waals surface area contributed by atoms with Crippen molar-refractivity contribution in [2.75, 3.05) is 6.61 Å². The lowest BCUT2D eigenvalue weighted by Crippen LogP contribution is -2.29. The Balaban J connectivity index is 1.79. The largest absolute Gasteiger partial charge is 0.466 e. The predicted molar refractivity (Wildman–Crippen MR) is 61.1 cm³/mol. The highest BCUT2D eigenvalue weighted by atomic mass is 16.5. The molecule has 4 unspecified atom stereocenters. The quantitative estimate of drug-likeness (QED) is 0.704. The number of rotatable bonds is 4. The first-order chi connectivity index (χ1) is 8.10. The van der Waals surface area contributed by atoms with E-state index in [1.165, 1.54) is 6.92 Å². The molecule has 0 N–H and O–H groups in total. The Bertz CT molecular complexity index is 313. The lowest BCUT2D eigenvalue weighted by molar-refractivity contribution is -0.152. The van der Waals surface area contributed by atoms with Crippen molar-refractivity contribution in [2.24, 2.45) is 17.8 Å². The highest BCUT2D eigenvalue weighted by Gasteiger charge is 2.47. The Labute approximate surface area is 102 Å². The van der Waals surface area contributed by atoms with Crippen LogP contribution >= 0.6 is 0 Å². The summed E-state index contributed by atoms with van der Waals surface area (Å²) in [5.41, 5.74) is 0. The average Bonchev–Trinajstić information content (AvgIpc) is 2.85. The fraction of sp³-hybridized carbons (Fsp3) is 0.846. The minimum atomic E-state index is -0.207. The number of hydrogen-bond donors (Lipinski definition) is 0. The van der Waals surface area contributed by atoms with Crippen molar-refractivity contribution < 1.29 is 19.1 Å². The fourth-order valence-corrected chi connectivity index (χ4v) is 3.17. The van der Waals surface area contributed by atoms with E-state index in [1.807, 2.05) is 6.92 Å². The molecular weight excluding hydrogens is 220 g/mol. The molecule has 2 rings (SSSR count). The molecule has 17 heavy (non-hydrogen) atoms. The lowest BCUT2D eigenvalue weighted by Gasteiger charge is -2.27. The van der Waals surface area contributed by atoms with Gasteiger partial charge in [-0.3, -0.25) is 9.59 Å². The summed E-state index contributed by atoms with van der Waals surface area (Å²) in [5.74, 6) is 1.21. The van der Waals surface area contributed by atoms with Crippen LogP contribution in [0.2, 0.25) is 0 Å². The van der Waals surface area contributed by atoms with Crippen molar-refractivity contribution in [2.45, 2.75) is 45.6 Å². The van der Waals surface area contributed by atoms with Crippen molar-refractivity contribution in [3.8, 4) is 0 Å². The first-order valence-corrected chi connectivity index (χ1v) is 6.43. The van der Waals surface area contributed by atoms with Gasteiger partial charge in [0.05, 0.1) is 6.61 Å². The van der Waals surface area contributed by atoms with Gasteiger partial charge in [-0.1, -0.05) is 6.92 Å². The monoisotopic (exact) mass is 240 g/mol. The summed E-state index contributed by atoms with van der Waals surface area (Å²) in [7, 11) is 0. The van der Waals surface area contributed by atoms with Crippen LogP contribution in [0.25, 0.3) is 0 Å². The first kappa shape index (κ1) is 12.4. The van der Waals surface area contributed by atoms with E-state index in [-0.39, 0.29) is 18.0 Å². The van der Waals surface area contributed by atoms with Gasteiger partial charge in [-0.05, 0) is 37.0 Å². The molecule has 2 aliphatic carbocycles. The molecule has 0 aromatic carbocycles. The molecule has 0 aromatic heterocycles. The first-order valence-electron chi connectivity index (χ1n) is 6.43. The van der Waals surface area contributed by atoms with E-state index in [4.69, 9.17) is 9.47 Å². The van der Waals surface area contributed by atoms with Crippen molar-refractivity contribution in [3.05, 3.63) is 0 Å². The van der Waals surface area contributed by atoms with Crippen molar-refractivity contribution in [1.82, 2.24) is 0 Å². The van der Waals surface area contributed by atoms with Crippen LogP contribution in [0.3, 0.4) is 0 Å². The zero-order valence-corrected chi connectivity index (χ0v) is 10.5. The minimum Gasteiger partial charge on any atom is -0.466 e. The van der Waals surface area contributed by atoms with Crippen LogP contribution in [0.1, 0.15) is 39.5 Å². The molecule has 0 radical (unpaired) electrons. The molecular formula is C13H20O4. The molecule has 0 saturated heterocycles. The van der Waals surface area contributed by atoms with Gasteiger partial charge in [0.2, 0.25) is 0 Å². The van der Waals surface area contributed by atoms with Gasteiger partial charge in [0, 0.05) is 13.3 Å². The summed E-state index contributed by atoms with van der Waals surface area (Å²) in [4.78, 5) is 22.0. The Morgan fingerprint density at radius 2 is 1.94 bits per heavy atom. The molecule has 2 aliphatic rings. The number of ether oxygens (including phenoxy) is 2. The van der Waals surface area contributed by atoms with E-state index in [0.717, 1.165) is 19.3 Å². The number of carbonyl (C=O) groups excluding carboxylic acids is 2.